The van der Waals surface area contributed by atoms with Gasteiger partial charge in [0, 0.05) is 11.1 Å². The van der Waals surface area contributed by atoms with Crippen molar-refractivity contribution in [2.75, 3.05) is 6.61 Å². The smallest absolute Gasteiger partial charge is 0.331 e. The van der Waals surface area contributed by atoms with Crippen LogP contribution in [0.25, 0.3) is 0 Å². The van der Waals surface area contributed by atoms with Gasteiger partial charge in [-0.15, -0.1) is 0 Å². The molecule has 0 saturated heterocycles. The molecule has 0 bridgehead atoms. The molecule has 21 heavy (non-hydrogen) atoms. The van der Waals surface area contributed by atoms with Gasteiger partial charge in [0.15, 0.2) is 6.61 Å². The Morgan fingerprint density at radius 1 is 1.38 bits per heavy atom. The minimum Gasteiger partial charge on any atom is -0.452 e. The average molecular weight is 308 g/mol. The van der Waals surface area contributed by atoms with Gasteiger partial charge in [0.1, 0.15) is 0 Å². The molecule has 112 valence electrons. The van der Waals surface area contributed by atoms with E-state index in [1.807, 2.05) is 26.0 Å². The fourth-order valence-electron chi connectivity index (χ4n) is 1.57. The maximum absolute atomic E-state index is 11.7. The number of rotatable bonds is 6. The van der Waals surface area contributed by atoms with Crippen molar-refractivity contribution in [1.29, 1.82) is 0 Å². The van der Waals surface area contributed by atoms with Gasteiger partial charge in [0.05, 0.1) is 6.04 Å². The summed E-state index contributed by atoms with van der Waals surface area (Å²) in [5.41, 5.74) is 0.884. The first-order valence-corrected chi connectivity index (χ1v) is 6.91. The molecule has 0 aliphatic heterocycles. The van der Waals surface area contributed by atoms with Crippen molar-refractivity contribution in [1.82, 2.24) is 5.32 Å². The highest BCUT2D eigenvalue weighted by molar-refractivity contribution is 6.30. The molecule has 0 spiro atoms. The van der Waals surface area contributed by atoms with Crippen LogP contribution in [-0.4, -0.2) is 18.5 Å². The quantitative estimate of drug-likeness (QED) is 0.499. The number of nitrogens with one attached hydrogen (secondary N) is 1. The molecule has 0 unspecified atom stereocenters. The molecular weight excluding hydrogens is 290 g/mol. The first kappa shape index (κ1) is 17.0. The Morgan fingerprint density at radius 2 is 2.14 bits per heavy atom. The molecule has 0 saturated carbocycles. The van der Waals surface area contributed by atoms with Crippen molar-refractivity contribution in [3.8, 4) is 0 Å². The van der Waals surface area contributed by atoms with Crippen LogP contribution in [0.15, 0.2) is 48.6 Å². The zero-order chi connectivity index (χ0) is 15.7. The number of halogens is 1. The highest BCUT2D eigenvalue weighted by atomic mass is 35.5. The van der Waals surface area contributed by atoms with Crippen LogP contribution in [0.4, 0.5) is 0 Å². The summed E-state index contributed by atoms with van der Waals surface area (Å²) >= 11 is 5.89. The van der Waals surface area contributed by atoms with Crippen LogP contribution in [0.5, 0.6) is 0 Å². The number of allylic oxidation sites excluding steroid dienone is 3. The van der Waals surface area contributed by atoms with Crippen LogP contribution in [0, 0.1) is 0 Å². The van der Waals surface area contributed by atoms with Crippen molar-refractivity contribution < 1.29 is 14.3 Å². The largest absolute Gasteiger partial charge is 0.452 e. The van der Waals surface area contributed by atoms with Gasteiger partial charge in [0.2, 0.25) is 0 Å². The lowest BCUT2D eigenvalue weighted by atomic mass is 10.1. The summed E-state index contributed by atoms with van der Waals surface area (Å²) in [5.74, 6) is -0.922. The number of esters is 1. The molecule has 1 amide bonds. The number of hydrogen-bond acceptors (Lipinski definition) is 3. The Morgan fingerprint density at radius 3 is 2.81 bits per heavy atom. The average Bonchev–Trinajstić information content (AvgIpc) is 2.45. The Balaban J connectivity index is 2.41. The zero-order valence-electron chi connectivity index (χ0n) is 12.0. The summed E-state index contributed by atoms with van der Waals surface area (Å²) in [5, 5.41) is 3.34. The second-order valence-corrected chi connectivity index (χ2v) is 4.77. The van der Waals surface area contributed by atoms with E-state index < -0.39 is 5.97 Å². The second kappa shape index (κ2) is 8.97. The molecule has 4 nitrogen and oxygen atoms in total. The van der Waals surface area contributed by atoms with E-state index in [-0.39, 0.29) is 18.6 Å². The van der Waals surface area contributed by atoms with Crippen molar-refractivity contribution in [3.63, 3.8) is 0 Å². The number of hydrogen-bond donors (Lipinski definition) is 1. The highest BCUT2D eigenvalue weighted by Gasteiger charge is 2.11. The third kappa shape index (κ3) is 6.77. The highest BCUT2D eigenvalue weighted by Crippen LogP contribution is 2.17. The van der Waals surface area contributed by atoms with Crippen LogP contribution in [0.3, 0.4) is 0 Å². The van der Waals surface area contributed by atoms with Crippen LogP contribution in [0.2, 0.25) is 5.02 Å². The maximum atomic E-state index is 11.7. The van der Waals surface area contributed by atoms with Gasteiger partial charge in [-0.05, 0) is 31.5 Å². The van der Waals surface area contributed by atoms with E-state index in [0.29, 0.717) is 5.02 Å². The van der Waals surface area contributed by atoms with Crippen molar-refractivity contribution >= 4 is 23.5 Å². The Hall–Kier alpha value is -2.07. The Bertz CT molecular complexity index is 552. The molecule has 1 N–H and O–H groups in total. The molecule has 0 aromatic heterocycles. The lowest BCUT2D eigenvalue weighted by molar-refractivity contribution is -0.144. The summed E-state index contributed by atoms with van der Waals surface area (Å²) in [4.78, 5) is 23.0. The summed E-state index contributed by atoms with van der Waals surface area (Å²) in [6, 6.07) is 7.00. The molecule has 0 fully saturated rings. The maximum Gasteiger partial charge on any atom is 0.331 e. The van der Waals surface area contributed by atoms with Crippen LogP contribution >= 0.6 is 11.6 Å². The topological polar surface area (TPSA) is 55.4 Å². The molecule has 1 rings (SSSR count). The molecular formula is C16H18ClNO3. The fraction of sp³-hybridized carbons (Fsp3) is 0.250. The van der Waals surface area contributed by atoms with Crippen molar-refractivity contribution in [3.05, 3.63) is 59.2 Å². The molecule has 0 heterocycles. The van der Waals surface area contributed by atoms with E-state index in [1.165, 1.54) is 6.08 Å². The zero-order valence-corrected chi connectivity index (χ0v) is 12.8. The Labute approximate surface area is 129 Å². The fourth-order valence-corrected chi connectivity index (χ4v) is 1.77. The summed E-state index contributed by atoms with van der Waals surface area (Å²) < 4.78 is 4.81. The van der Waals surface area contributed by atoms with Crippen LogP contribution in [-0.2, 0) is 14.3 Å². The van der Waals surface area contributed by atoms with E-state index in [0.717, 1.165) is 5.56 Å². The predicted octanol–water partition coefficient (Wildman–Crippen LogP) is 3.19. The monoisotopic (exact) mass is 307 g/mol. The molecule has 0 aliphatic rings. The first-order valence-electron chi connectivity index (χ1n) is 6.54. The van der Waals surface area contributed by atoms with E-state index >= 15 is 0 Å². The lowest BCUT2D eigenvalue weighted by Gasteiger charge is -2.14. The van der Waals surface area contributed by atoms with Gasteiger partial charge in [-0.3, -0.25) is 4.79 Å². The molecule has 0 aliphatic carbocycles. The number of carbonyl (C=O) groups excluding carboxylic acids is 2. The summed E-state index contributed by atoms with van der Waals surface area (Å²) in [6.07, 6.45) is 6.29. The van der Waals surface area contributed by atoms with Crippen LogP contribution in [0.1, 0.15) is 25.5 Å². The molecule has 1 aromatic carbocycles. The van der Waals surface area contributed by atoms with Gasteiger partial charge < -0.3 is 10.1 Å². The first-order chi connectivity index (χ1) is 10.0. The lowest BCUT2D eigenvalue weighted by Crippen LogP contribution is -2.30. The minimum atomic E-state index is -0.557. The van der Waals surface area contributed by atoms with Gasteiger partial charge in [-0.2, -0.15) is 0 Å². The SMILES string of the molecule is C/C=C/C=C/C(=O)OCC(=O)N[C@H](C)c1cccc(Cl)c1. The normalized spacial score (nSPS) is 12.5. The molecule has 1 atom stereocenters. The molecule has 1 aromatic rings. The number of amides is 1. The van der Waals surface area contributed by atoms with Gasteiger partial charge in [0.25, 0.3) is 5.91 Å². The van der Waals surface area contributed by atoms with Gasteiger partial charge >= 0.3 is 5.97 Å². The minimum absolute atomic E-state index is 0.214. The van der Waals surface area contributed by atoms with E-state index in [1.54, 1.807) is 30.4 Å². The van der Waals surface area contributed by atoms with Gasteiger partial charge in [-0.25, -0.2) is 4.79 Å². The molecule has 0 radical (unpaired) electrons. The third-order valence-corrected chi connectivity index (χ3v) is 2.84. The summed E-state index contributed by atoms with van der Waals surface area (Å²) in [7, 11) is 0. The van der Waals surface area contributed by atoms with Crippen molar-refractivity contribution in [2.45, 2.75) is 19.9 Å². The number of carbonyl (C=O) groups is 2. The molecule has 5 heteroatoms. The predicted molar refractivity (Wildman–Crippen MR) is 82.9 cm³/mol. The number of benzene rings is 1. The van der Waals surface area contributed by atoms with E-state index in [4.69, 9.17) is 16.3 Å². The summed E-state index contributed by atoms with van der Waals surface area (Å²) in [6.45, 7) is 3.35. The second-order valence-electron chi connectivity index (χ2n) is 4.34. The number of ether oxygens (including phenoxy) is 1. The van der Waals surface area contributed by atoms with Crippen molar-refractivity contribution in [2.24, 2.45) is 0 Å². The van der Waals surface area contributed by atoms with E-state index in [2.05, 4.69) is 5.32 Å². The van der Waals surface area contributed by atoms with Gasteiger partial charge in [-0.1, -0.05) is 42.0 Å². The third-order valence-electron chi connectivity index (χ3n) is 2.61. The van der Waals surface area contributed by atoms with E-state index in [9.17, 15) is 9.59 Å². The Kier molecular flexibility index (Phi) is 7.26. The standard InChI is InChI=1S/C16H18ClNO3/c1-3-4-5-9-16(20)21-11-15(19)18-12(2)13-7-6-8-14(17)10-13/h3-10,12H,11H2,1-2H3,(H,18,19)/b4-3+,9-5+/t12-/m1/s1. The van der Waals surface area contributed by atoms with Crippen LogP contribution < -0.4 is 5.32 Å².